The van der Waals surface area contributed by atoms with Gasteiger partial charge in [-0.1, -0.05) is 0 Å². The van der Waals surface area contributed by atoms with Crippen LogP contribution in [0.2, 0.25) is 0 Å². The zero-order chi connectivity index (χ0) is 22.1. The van der Waals surface area contributed by atoms with E-state index in [0.29, 0.717) is 31.7 Å². The molecule has 0 unspecified atom stereocenters. The zero-order valence-electron chi connectivity index (χ0n) is 16.2. The molecule has 0 heterocycles. The van der Waals surface area contributed by atoms with Crippen molar-refractivity contribution < 1.29 is 23.8 Å². The first-order valence-electron chi connectivity index (χ1n) is 8.72. The summed E-state index contributed by atoms with van der Waals surface area (Å²) >= 11 is 6.74. The van der Waals surface area contributed by atoms with Crippen molar-refractivity contribution >= 4 is 55.5 Å². The highest BCUT2D eigenvalue weighted by Gasteiger charge is 2.14. The molecule has 30 heavy (non-hydrogen) atoms. The number of nitriles is 1. The third kappa shape index (κ3) is 6.61. The molecule has 0 atom stereocenters. The van der Waals surface area contributed by atoms with E-state index in [-0.39, 0.29) is 18.8 Å². The number of hydrogen-bond donors (Lipinski definition) is 1. The minimum atomic E-state index is -0.544. The summed E-state index contributed by atoms with van der Waals surface area (Å²) in [4.78, 5) is 23.9. The van der Waals surface area contributed by atoms with Crippen LogP contribution >= 0.6 is 31.9 Å². The fourth-order valence-corrected chi connectivity index (χ4v) is 3.77. The molecule has 1 amide bonds. The van der Waals surface area contributed by atoms with Gasteiger partial charge in [-0.15, -0.1) is 0 Å². The standard InChI is InChI=1S/C21H18Br2N2O5/c1-3-29-19(26)12-30-20-17(22)9-13(10-18(20)23)8-14(11-24)21(27)25-15-4-6-16(28-2)7-5-15/h4-10H,3,12H2,1-2H3,(H,25,27)/b14-8-. The number of esters is 1. The molecule has 0 spiro atoms. The predicted octanol–water partition coefficient (Wildman–Crippen LogP) is 4.71. The van der Waals surface area contributed by atoms with Crippen LogP contribution in [-0.4, -0.2) is 32.2 Å². The van der Waals surface area contributed by atoms with Crippen LogP contribution in [0.3, 0.4) is 0 Å². The highest BCUT2D eigenvalue weighted by Crippen LogP contribution is 2.35. The van der Waals surface area contributed by atoms with Gasteiger partial charge in [0.1, 0.15) is 23.1 Å². The van der Waals surface area contributed by atoms with E-state index in [4.69, 9.17) is 14.2 Å². The van der Waals surface area contributed by atoms with E-state index in [1.165, 1.54) is 6.08 Å². The third-order valence-corrected chi connectivity index (χ3v) is 4.86. The van der Waals surface area contributed by atoms with Crippen LogP contribution in [0.4, 0.5) is 5.69 Å². The van der Waals surface area contributed by atoms with Crippen LogP contribution in [0.5, 0.6) is 11.5 Å². The second kappa shape index (κ2) is 11.4. The molecule has 9 heteroatoms. The van der Waals surface area contributed by atoms with Gasteiger partial charge in [0.25, 0.3) is 5.91 Å². The summed E-state index contributed by atoms with van der Waals surface area (Å²) in [5, 5.41) is 12.1. The summed E-state index contributed by atoms with van der Waals surface area (Å²) in [5.41, 5.74) is 1.04. The molecule has 0 aliphatic heterocycles. The van der Waals surface area contributed by atoms with Gasteiger partial charge in [0.05, 0.1) is 22.7 Å². The van der Waals surface area contributed by atoms with E-state index in [1.54, 1.807) is 50.4 Å². The molecule has 2 aromatic carbocycles. The number of anilines is 1. The van der Waals surface area contributed by atoms with Crippen LogP contribution < -0.4 is 14.8 Å². The Balaban J connectivity index is 2.17. The van der Waals surface area contributed by atoms with Crippen molar-refractivity contribution in [3.63, 3.8) is 0 Å². The van der Waals surface area contributed by atoms with Crippen LogP contribution in [0.25, 0.3) is 6.08 Å². The number of amides is 1. The van der Waals surface area contributed by atoms with Gasteiger partial charge in [-0.3, -0.25) is 4.79 Å². The van der Waals surface area contributed by atoms with Gasteiger partial charge in [-0.25, -0.2) is 4.79 Å². The van der Waals surface area contributed by atoms with Crippen molar-refractivity contribution in [2.75, 3.05) is 25.6 Å². The van der Waals surface area contributed by atoms with Gasteiger partial charge in [-0.05, 0) is 86.8 Å². The van der Waals surface area contributed by atoms with E-state index in [0.717, 1.165) is 0 Å². The molecule has 2 aromatic rings. The van der Waals surface area contributed by atoms with E-state index in [9.17, 15) is 14.9 Å². The van der Waals surface area contributed by atoms with Crippen molar-refractivity contribution in [1.29, 1.82) is 5.26 Å². The number of nitrogens with one attached hydrogen (secondary N) is 1. The van der Waals surface area contributed by atoms with E-state index >= 15 is 0 Å². The Morgan fingerprint density at radius 2 is 1.80 bits per heavy atom. The molecular formula is C21H18Br2N2O5. The van der Waals surface area contributed by atoms with Crippen LogP contribution in [-0.2, 0) is 14.3 Å². The number of carbonyl (C=O) groups excluding carboxylic acids is 2. The summed E-state index contributed by atoms with van der Waals surface area (Å²) in [6, 6.07) is 12.0. The molecule has 2 rings (SSSR count). The van der Waals surface area contributed by atoms with Crippen LogP contribution in [0.1, 0.15) is 12.5 Å². The van der Waals surface area contributed by atoms with Crippen molar-refractivity contribution in [2.45, 2.75) is 6.92 Å². The summed E-state index contributed by atoms with van der Waals surface area (Å²) in [5.74, 6) is 0.0326. The summed E-state index contributed by atoms with van der Waals surface area (Å²) in [6.07, 6.45) is 1.45. The average Bonchev–Trinajstić information content (AvgIpc) is 2.72. The molecule has 0 fully saturated rings. The monoisotopic (exact) mass is 536 g/mol. The second-order valence-corrected chi connectivity index (χ2v) is 7.47. The van der Waals surface area contributed by atoms with Gasteiger partial charge in [0.15, 0.2) is 6.61 Å². The SMILES string of the molecule is CCOC(=O)COc1c(Br)cc(/C=C(/C#N)C(=O)Nc2ccc(OC)cc2)cc1Br. The number of methoxy groups -OCH3 is 1. The van der Waals surface area contributed by atoms with Gasteiger partial charge in [0.2, 0.25) is 0 Å². The Morgan fingerprint density at radius 1 is 1.17 bits per heavy atom. The Morgan fingerprint density at radius 3 is 2.33 bits per heavy atom. The lowest BCUT2D eigenvalue weighted by atomic mass is 10.1. The topological polar surface area (TPSA) is 97.7 Å². The number of halogens is 2. The molecule has 0 radical (unpaired) electrons. The normalized spacial score (nSPS) is 10.7. The first-order chi connectivity index (χ1) is 14.4. The second-order valence-electron chi connectivity index (χ2n) is 5.76. The Bertz CT molecular complexity index is 974. The lowest BCUT2D eigenvalue weighted by Crippen LogP contribution is -2.15. The molecule has 0 saturated heterocycles. The predicted molar refractivity (Wildman–Crippen MR) is 119 cm³/mol. The first kappa shape index (κ1) is 23.4. The molecule has 0 aliphatic rings. The van der Waals surface area contributed by atoms with Gasteiger partial charge >= 0.3 is 5.97 Å². The average molecular weight is 538 g/mol. The van der Waals surface area contributed by atoms with Crippen LogP contribution in [0.15, 0.2) is 50.9 Å². The highest BCUT2D eigenvalue weighted by atomic mass is 79.9. The number of hydrogen-bond acceptors (Lipinski definition) is 6. The fourth-order valence-electron chi connectivity index (χ4n) is 2.32. The van der Waals surface area contributed by atoms with Crippen molar-refractivity contribution in [1.82, 2.24) is 0 Å². The van der Waals surface area contributed by atoms with E-state index in [1.807, 2.05) is 6.07 Å². The highest BCUT2D eigenvalue weighted by molar-refractivity contribution is 9.11. The maximum absolute atomic E-state index is 12.4. The molecule has 7 nitrogen and oxygen atoms in total. The Hall–Kier alpha value is -2.83. The number of rotatable bonds is 8. The number of carbonyl (C=O) groups is 2. The largest absolute Gasteiger partial charge is 0.497 e. The van der Waals surface area contributed by atoms with Crippen molar-refractivity contribution in [3.05, 3.63) is 56.5 Å². The molecule has 0 aromatic heterocycles. The molecular weight excluding hydrogens is 520 g/mol. The summed E-state index contributed by atoms with van der Waals surface area (Å²) in [6.45, 7) is 1.74. The minimum Gasteiger partial charge on any atom is -0.497 e. The molecule has 1 N–H and O–H groups in total. The Kier molecular flexibility index (Phi) is 8.89. The zero-order valence-corrected chi connectivity index (χ0v) is 19.4. The third-order valence-electron chi connectivity index (χ3n) is 3.68. The molecule has 0 saturated carbocycles. The summed E-state index contributed by atoms with van der Waals surface area (Å²) < 4.78 is 16.5. The number of ether oxygens (including phenoxy) is 3. The van der Waals surface area contributed by atoms with E-state index < -0.39 is 11.9 Å². The fraction of sp³-hybridized carbons (Fsp3) is 0.190. The first-order valence-corrected chi connectivity index (χ1v) is 10.3. The van der Waals surface area contributed by atoms with Gasteiger partial charge in [-0.2, -0.15) is 5.26 Å². The maximum atomic E-state index is 12.4. The van der Waals surface area contributed by atoms with Crippen LogP contribution in [0, 0.1) is 11.3 Å². The molecule has 0 aliphatic carbocycles. The molecule has 156 valence electrons. The van der Waals surface area contributed by atoms with Crippen molar-refractivity contribution in [3.8, 4) is 17.6 Å². The van der Waals surface area contributed by atoms with E-state index in [2.05, 4.69) is 37.2 Å². The van der Waals surface area contributed by atoms with Gasteiger partial charge in [0, 0.05) is 5.69 Å². The van der Waals surface area contributed by atoms with Gasteiger partial charge < -0.3 is 19.5 Å². The minimum absolute atomic E-state index is 0.0789. The molecule has 0 bridgehead atoms. The number of benzene rings is 2. The lowest BCUT2D eigenvalue weighted by Gasteiger charge is -2.11. The maximum Gasteiger partial charge on any atom is 0.344 e. The quantitative estimate of drug-likeness (QED) is 0.297. The number of nitrogens with zero attached hydrogens (tertiary/aromatic N) is 1. The smallest absolute Gasteiger partial charge is 0.344 e. The van der Waals surface area contributed by atoms with Crippen molar-refractivity contribution in [2.24, 2.45) is 0 Å². The lowest BCUT2D eigenvalue weighted by molar-refractivity contribution is -0.145. The summed E-state index contributed by atoms with van der Waals surface area (Å²) in [7, 11) is 1.55. The Labute approximate surface area is 190 Å².